The van der Waals surface area contributed by atoms with E-state index in [2.05, 4.69) is 5.32 Å². The molecule has 114 valence electrons. The SMILES string of the molecule is C/C=C/CN1C(=O)C(C(C)CC)NC(=O)C1(CC)CC. The van der Waals surface area contributed by atoms with E-state index in [0.29, 0.717) is 19.4 Å². The molecule has 0 bridgehead atoms. The lowest BCUT2D eigenvalue weighted by Crippen LogP contribution is -2.71. The largest absolute Gasteiger partial charge is 0.342 e. The van der Waals surface area contributed by atoms with Crippen molar-refractivity contribution in [3.63, 3.8) is 0 Å². The van der Waals surface area contributed by atoms with Gasteiger partial charge in [-0.15, -0.1) is 0 Å². The second kappa shape index (κ2) is 6.91. The van der Waals surface area contributed by atoms with Gasteiger partial charge in [0.15, 0.2) is 0 Å². The van der Waals surface area contributed by atoms with E-state index in [1.54, 1.807) is 4.90 Å². The Labute approximate surface area is 122 Å². The molecule has 1 saturated heterocycles. The lowest BCUT2D eigenvalue weighted by Gasteiger charge is -2.48. The first-order valence-corrected chi connectivity index (χ1v) is 7.72. The first kappa shape index (κ1) is 16.7. The van der Waals surface area contributed by atoms with Crippen molar-refractivity contribution in [1.29, 1.82) is 0 Å². The quantitative estimate of drug-likeness (QED) is 0.760. The van der Waals surface area contributed by atoms with E-state index in [1.807, 2.05) is 46.8 Å². The number of allylic oxidation sites excluding steroid dienone is 1. The van der Waals surface area contributed by atoms with Crippen LogP contribution in [-0.2, 0) is 9.59 Å². The zero-order valence-corrected chi connectivity index (χ0v) is 13.4. The van der Waals surface area contributed by atoms with E-state index in [1.165, 1.54) is 0 Å². The van der Waals surface area contributed by atoms with Gasteiger partial charge in [0.1, 0.15) is 11.6 Å². The van der Waals surface area contributed by atoms with Crippen LogP contribution in [0.4, 0.5) is 0 Å². The van der Waals surface area contributed by atoms with Gasteiger partial charge in [0, 0.05) is 6.54 Å². The number of rotatable bonds is 6. The first-order valence-electron chi connectivity index (χ1n) is 7.72. The summed E-state index contributed by atoms with van der Waals surface area (Å²) in [5.41, 5.74) is -0.694. The summed E-state index contributed by atoms with van der Waals surface area (Å²) in [6.07, 6.45) is 6.04. The summed E-state index contributed by atoms with van der Waals surface area (Å²) in [4.78, 5) is 27.2. The van der Waals surface area contributed by atoms with Crippen LogP contribution in [0.2, 0.25) is 0 Å². The molecule has 1 aliphatic rings. The molecule has 1 heterocycles. The molecule has 2 atom stereocenters. The maximum atomic E-state index is 12.8. The van der Waals surface area contributed by atoms with Gasteiger partial charge in [-0.2, -0.15) is 0 Å². The van der Waals surface area contributed by atoms with Gasteiger partial charge in [-0.25, -0.2) is 0 Å². The molecule has 2 unspecified atom stereocenters. The number of hydrogen-bond donors (Lipinski definition) is 1. The smallest absolute Gasteiger partial charge is 0.246 e. The number of carbonyl (C=O) groups is 2. The summed E-state index contributed by atoms with van der Waals surface area (Å²) >= 11 is 0. The molecule has 0 aromatic heterocycles. The van der Waals surface area contributed by atoms with E-state index in [9.17, 15) is 9.59 Å². The first-order chi connectivity index (χ1) is 9.48. The van der Waals surface area contributed by atoms with Gasteiger partial charge < -0.3 is 10.2 Å². The minimum Gasteiger partial charge on any atom is -0.342 e. The van der Waals surface area contributed by atoms with Gasteiger partial charge in [-0.1, -0.05) is 46.3 Å². The van der Waals surface area contributed by atoms with Gasteiger partial charge >= 0.3 is 0 Å². The van der Waals surface area contributed by atoms with Crippen molar-refractivity contribution in [3.8, 4) is 0 Å². The van der Waals surface area contributed by atoms with Crippen molar-refractivity contribution in [2.24, 2.45) is 5.92 Å². The van der Waals surface area contributed by atoms with Crippen LogP contribution in [0.1, 0.15) is 53.9 Å². The standard InChI is InChI=1S/C16H28N2O2/c1-6-10-11-18-14(19)13(12(5)7-2)17-15(20)16(18,8-3)9-4/h6,10,12-13H,7-9,11H2,1-5H3,(H,17,20)/b10-6+. The molecule has 4 heteroatoms. The minimum absolute atomic E-state index is 0.00287. The van der Waals surface area contributed by atoms with Gasteiger partial charge in [0.25, 0.3) is 0 Å². The Hall–Kier alpha value is -1.32. The summed E-state index contributed by atoms with van der Waals surface area (Å²) < 4.78 is 0. The average molecular weight is 280 g/mol. The second-order valence-corrected chi connectivity index (χ2v) is 5.59. The fourth-order valence-corrected chi connectivity index (χ4v) is 2.89. The van der Waals surface area contributed by atoms with E-state index in [-0.39, 0.29) is 23.8 Å². The second-order valence-electron chi connectivity index (χ2n) is 5.59. The van der Waals surface area contributed by atoms with Crippen molar-refractivity contribution < 1.29 is 9.59 Å². The highest BCUT2D eigenvalue weighted by molar-refractivity contribution is 6.00. The molecule has 1 fully saturated rings. The van der Waals surface area contributed by atoms with Crippen LogP contribution < -0.4 is 5.32 Å². The topological polar surface area (TPSA) is 49.4 Å². The Balaban J connectivity index is 3.17. The Morgan fingerprint density at radius 3 is 2.35 bits per heavy atom. The predicted molar refractivity (Wildman–Crippen MR) is 81.2 cm³/mol. The molecule has 1 N–H and O–H groups in total. The third-order valence-electron chi connectivity index (χ3n) is 4.66. The fourth-order valence-electron chi connectivity index (χ4n) is 2.89. The molecule has 1 aliphatic heterocycles. The van der Waals surface area contributed by atoms with Crippen LogP contribution in [0.25, 0.3) is 0 Å². The van der Waals surface area contributed by atoms with Gasteiger partial charge in [0.05, 0.1) is 0 Å². The molecule has 2 amide bonds. The fraction of sp³-hybridized carbons (Fsp3) is 0.750. The minimum atomic E-state index is -0.694. The lowest BCUT2D eigenvalue weighted by atomic mass is 9.83. The average Bonchev–Trinajstić information content (AvgIpc) is 2.47. The number of amides is 2. The molecule has 0 aliphatic carbocycles. The molecule has 4 nitrogen and oxygen atoms in total. The van der Waals surface area contributed by atoms with Crippen molar-refractivity contribution >= 4 is 11.8 Å². The Morgan fingerprint density at radius 1 is 1.30 bits per heavy atom. The molecule has 0 saturated carbocycles. The van der Waals surface area contributed by atoms with Gasteiger partial charge in [0.2, 0.25) is 11.8 Å². The number of hydrogen-bond acceptors (Lipinski definition) is 2. The van der Waals surface area contributed by atoms with Gasteiger partial charge in [-0.05, 0) is 25.7 Å². The maximum absolute atomic E-state index is 12.8. The van der Waals surface area contributed by atoms with Crippen LogP contribution in [0, 0.1) is 5.92 Å². The van der Waals surface area contributed by atoms with Crippen LogP contribution in [0.15, 0.2) is 12.2 Å². The van der Waals surface area contributed by atoms with Crippen LogP contribution in [0.3, 0.4) is 0 Å². The zero-order valence-electron chi connectivity index (χ0n) is 13.4. The lowest BCUT2D eigenvalue weighted by molar-refractivity contribution is -0.159. The summed E-state index contributed by atoms with van der Waals surface area (Å²) in [6.45, 7) is 10.5. The highest BCUT2D eigenvalue weighted by Gasteiger charge is 2.50. The van der Waals surface area contributed by atoms with Crippen molar-refractivity contribution in [3.05, 3.63) is 12.2 Å². The van der Waals surface area contributed by atoms with E-state index in [0.717, 1.165) is 6.42 Å². The number of carbonyl (C=O) groups excluding carboxylic acids is 2. The number of nitrogens with zero attached hydrogens (tertiary/aromatic N) is 1. The van der Waals surface area contributed by atoms with Crippen molar-refractivity contribution in [2.45, 2.75) is 65.5 Å². The Bertz CT molecular complexity index is 386. The summed E-state index contributed by atoms with van der Waals surface area (Å²) in [5, 5.41) is 2.96. The third kappa shape index (κ3) is 2.74. The Kier molecular flexibility index (Phi) is 5.78. The van der Waals surface area contributed by atoms with Crippen LogP contribution in [0.5, 0.6) is 0 Å². The van der Waals surface area contributed by atoms with Crippen LogP contribution in [-0.4, -0.2) is 34.8 Å². The van der Waals surface area contributed by atoms with E-state index < -0.39 is 5.54 Å². The van der Waals surface area contributed by atoms with Crippen molar-refractivity contribution in [1.82, 2.24) is 10.2 Å². The van der Waals surface area contributed by atoms with Crippen LogP contribution >= 0.6 is 0 Å². The van der Waals surface area contributed by atoms with Crippen molar-refractivity contribution in [2.75, 3.05) is 6.54 Å². The summed E-state index contributed by atoms with van der Waals surface area (Å²) in [7, 11) is 0. The van der Waals surface area contributed by atoms with E-state index >= 15 is 0 Å². The maximum Gasteiger partial charge on any atom is 0.246 e. The highest BCUT2D eigenvalue weighted by atomic mass is 16.2. The molecule has 0 radical (unpaired) electrons. The number of nitrogens with one attached hydrogen (secondary N) is 1. The molecule has 20 heavy (non-hydrogen) atoms. The molecule has 1 rings (SSSR count). The third-order valence-corrected chi connectivity index (χ3v) is 4.66. The molecule has 0 aromatic rings. The summed E-state index contributed by atoms with van der Waals surface area (Å²) in [6, 6.07) is -0.385. The summed E-state index contributed by atoms with van der Waals surface area (Å²) in [5.74, 6) is 0.212. The zero-order chi connectivity index (χ0) is 15.3. The predicted octanol–water partition coefficient (Wildman–Crippen LogP) is 2.49. The molecule has 0 aromatic carbocycles. The van der Waals surface area contributed by atoms with E-state index in [4.69, 9.17) is 0 Å². The highest BCUT2D eigenvalue weighted by Crippen LogP contribution is 2.30. The molecule has 0 spiro atoms. The molecular formula is C16H28N2O2. The Morgan fingerprint density at radius 2 is 1.90 bits per heavy atom. The monoisotopic (exact) mass is 280 g/mol. The van der Waals surface area contributed by atoms with Gasteiger partial charge in [-0.3, -0.25) is 9.59 Å². The normalized spacial score (nSPS) is 24.1. The molecular weight excluding hydrogens is 252 g/mol. The number of piperazine rings is 1.